The van der Waals surface area contributed by atoms with Gasteiger partial charge in [-0.25, -0.2) is 4.79 Å². The molecular weight excluding hydrogens is 322 g/mol. The van der Waals surface area contributed by atoms with Crippen molar-refractivity contribution in [3.8, 4) is 5.75 Å². The van der Waals surface area contributed by atoms with Crippen molar-refractivity contribution in [1.29, 1.82) is 0 Å². The summed E-state index contributed by atoms with van der Waals surface area (Å²) in [6, 6.07) is 11.7. The molecule has 126 valence electrons. The molecule has 6 heteroatoms. The van der Waals surface area contributed by atoms with E-state index in [9.17, 15) is 19.5 Å². The van der Waals surface area contributed by atoms with E-state index in [1.165, 1.54) is 18.2 Å². The molecule has 0 fully saturated rings. The molecule has 0 bridgehead atoms. The highest BCUT2D eigenvalue weighted by atomic mass is 16.4. The Bertz CT molecular complexity index is 1020. The standard InChI is InChI=1S/C19H15NO5/c1-11-2-4-12(5-3-11)9-20-18(23)14-6-7-16-15(17(14)22)8-13(10-21)19(24)25-16/h2-8,10,22H,9H2,1H3,(H,20,23). The molecule has 1 amide bonds. The van der Waals surface area contributed by atoms with Gasteiger partial charge in [0.05, 0.1) is 10.9 Å². The highest BCUT2D eigenvalue weighted by Gasteiger charge is 2.16. The fraction of sp³-hybridized carbons (Fsp3) is 0.105. The summed E-state index contributed by atoms with van der Waals surface area (Å²) in [4.78, 5) is 34.7. The second-order valence-corrected chi connectivity index (χ2v) is 5.65. The molecule has 1 heterocycles. The summed E-state index contributed by atoms with van der Waals surface area (Å²) in [7, 11) is 0. The first kappa shape index (κ1) is 16.4. The van der Waals surface area contributed by atoms with Crippen molar-refractivity contribution in [2.24, 2.45) is 0 Å². The quantitative estimate of drug-likeness (QED) is 0.563. The number of rotatable bonds is 4. The number of aromatic hydroxyl groups is 1. The number of phenols is 1. The van der Waals surface area contributed by atoms with E-state index in [2.05, 4.69) is 5.32 Å². The first-order chi connectivity index (χ1) is 12.0. The Morgan fingerprint density at radius 2 is 1.92 bits per heavy atom. The summed E-state index contributed by atoms with van der Waals surface area (Å²) in [5, 5.41) is 13.2. The molecule has 0 aliphatic rings. The number of fused-ring (bicyclic) bond motifs is 1. The lowest BCUT2D eigenvalue weighted by molar-refractivity contribution is 0.0948. The molecule has 0 unspecified atom stereocenters. The zero-order chi connectivity index (χ0) is 18.0. The normalized spacial score (nSPS) is 10.6. The van der Waals surface area contributed by atoms with Gasteiger partial charge in [-0.05, 0) is 30.7 Å². The number of hydrogen-bond donors (Lipinski definition) is 2. The topological polar surface area (TPSA) is 96.6 Å². The fourth-order valence-electron chi connectivity index (χ4n) is 2.44. The lowest BCUT2D eigenvalue weighted by Crippen LogP contribution is -2.23. The summed E-state index contributed by atoms with van der Waals surface area (Å²) in [6.45, 7) is 2.28. The van der Waals surface area contributed by atoms with Crippen molar-refractivity contribution in [1.82, 2.24) is 5.32 Å². The van der Waals surface area contributed by atoms with Crippen LogP contribution in [0.3, 0.4) is 0 Å². The third-order valence-electron chi connectivity index (χ3n) is 3.86. The zero-order valence-electron chi connectivity index (χ0n) is 13.4. The Kier molecular flexibility index (Phi) is 4.35. The minimum atomic E-state index is -0.793. The van der Waals surface area contributed by atoms with Crippen LogP contribution in [0.1, 0.15) is 31.8 Å². The average Bonchev–Trinajstić information content (AvgIpc) is 2.61. The van der Waals surface area contributed by atoms with Gasteiger partial charge in [-0.3, -0.25) is 9.59 Å². The van der Waals surface area contributed by atoms with Gasteiger partial charge in [0, 0.05) is 6.54 Å². The second kappa shape index (κ2) is 6.60. The Morgan fingerprint density at radius 1 is 1.20 bits per heavy atom. The van der Waals surface area contributed by atoms with Crippen LogP contribution in [0.15, 0.2) is 51.7 Å². The molecule has 0 aliphatic carbocycles. The van der Waals surface area contributed by atoms with Crippen LogP contribution in [0.5, 0.6) is 5.75 Å². The van der Waals surface area contributed by atoms with E-state index in [1.807, 2.05) is 31.2 Å². The number of amides is 1. The summed E-state index contributed by atoms with van der Waals surface area (Å²) in [5.74, 6) is -0.815. The smallest absolute Gasteiger partial charge is 0.346 e. The van der Waals surface area contributed by atoms with Crippen LogP contribution < -0.4 is 10.9 Å². The molecule has 1 aromatic heterocycles. The molecule has 0 saturated carbocycles. The molecule has 0 saturated heterocycles. The van der Waals surface area contributed by atoms with Gasteiger partial charge in [-0.2, -0.15) is 0 Å². The Balaban J connectivity index is 1.89. The Labute approximate surface area is 142 Å². The number of phenolic OH excluding ortho intramolecular Hbond substituents is 1. The number of nitrogens with one attached hydrogen (secondary N) is 1. The molecule has 3 rings (SSSR count). The molecule has 2 N–H and O–H groups in total. The minimum Gasteiger partial charge on any atom is -0.506 e. The number of aldehydes is 1. The minimum absolute atomic E-state index is 0.0327. The van der Waals surface area contributed by atoms with Crippen LogP contribution in [0, 0.1) is 6.92 Å². The fourth-order valence-corrected chi connectivity index (χ4v) is 2.44. The van der Waals surface area contributed by atoms with Gasteiger partial charge in [0.15, 0.2) is 6.29 Å². The largest absolute Gasteiger partial charge is 0.506 e. The molecule has 25 heavy (non-hydrogen) atoms. The molecule has 6 nitrogen and oxygen atoms in total. The van der Waals surface area contributed by atoms with Crippen LogP contribution in [-0.4, -0.2) is 17.3 Å². The van der Waals surface area contributed by atoms with Gasteiger partial charge in [0.1, 0.15) is 16.9 Å². The van der Waals surface area contributed by atoms with Gasteiger partial charge in [0.2, 0.25) is 0 Å². The van der Waals surface area contributed by atoms with Gasteiger partial charge in [-0.1, -0.05) is 29.8 Å². The monoisotopic (exact) mass is 337 g/mol. The molecule has 0 radical (unpaired) electrons. The van der Waals surface area contributed by atoms with Crippen molar-refractivity contribution in [3.05, 3.63) is 75.1 Å². The van der Waals surface area contributed by atoms with Crippen molar-refractivity contribution in [2.45, 2.75) is 13.5 Å². The first-order valence-electron chi connectivity index (χ1n) is 7.58. The number of hydrogen-bond acceptors (Lipinski definition) is 5. The van der Waals surface area contributed by atoms with Gasteiger partial charge >= 0.3 is 5.63 Å². The van der Waals surface area contributed by atoms with Crippen LogP contribution in [0.2, 0.25) is 0 Å². The second-order valence-electron chi connectivity index (χ2n) is 5.65. The third kappa shape index (κ3) is 3.28. The average molecular weight is 337 g/mol. The lowest BCUT2D eigenvalue weighted by Gasteiger charge is -2.09. The summed E-state index contributed by atoms with van der Waals surface area (Å²) < 4.78 is 4.96. The maximum Gasteiger partial charge on any atom is 0.346 e. The van der Waals surface area contributed by atoms with Gasteiger partial charge in [0.25, 0.3) is 5.91 Å². The molecular formula is C19H15NO5. The van der Waals surface area contributed by atoms with Gasteiger partial charge in [-0.15, -0.1) is 0 Å². The summed E-state index contributed by atoms with van der Waals surface area (Å²) >= 11 is 0. The third-order valence-corrected chi connectivity index (χ3v) is 3.86. The lowest BCUT2D eigenvalue weighted by atomic mass is 10.1. The van der Waals surface area contributed by atoms with E-state index in [-0.39, 0.29) is 27.8 Å². The van der Waals surface area contributed by atoms with Crippen LogP contribution >= 0.6 is 0 Å². The maximum atomic E-state index is 12.3. The van der Waals surface area contributed by atoms with E-state index >= 15 is 0 Å². The van der Waals surface area contributed by atoms with Crippen molar-refractivity contribution in [3.63, 3.8) is 0 Å². The number of aryl methyl sites for hydroxylation is 1. The maximum absolute atomic E-state index is 12.3. The van der Waals surface area contributed by atoms with Gasteiger partial charge < -0.3 is 14.8 Å². The van der Waals surface area contributed by atoms with Crippen molar-refractivity contribution in [2.75, 3.05) is 0 Å². The highest BCUT2D eigenvalue weighted by molar-refractivity contribution is 6.03. The molecule has 0 atom stereocenters. The van der Waals surface area contributed by atoms with E-state index in [1.54, 1.807) is 0 Å². The predicted octanol–water partition coefficient (Wildman–Crippen LogP) is 2.55. The highest BCUT2D eigenvalue weighted by Crippen LogP contribution is 2.28. The number of carbonyl (C=O) groups is 2. The van der Waals surface area contributed by atoms with E-state index in [4.69, 9.17) is 4.42 Å². The van der Waals surface area contributed by atoms with Crippen LogP contribution in [0.4, 0.5) is 0 Å². The molecule has 0 spiro atoms. The summed E-state index contributed by atoms with van der Waals surface area (Å²) in [6.07, 6.45) is 0.342. The molecule has 3 aromatic rings. The zero-order valence-corrected chi connectivity index (χ0v) is 13.4. The molecule has 2 aromatic carbocycles. The van der Waals surface area contributed by atoms with Crippen LogP contribution in [-0.2, 0) is 6.54 Å². The SMILES string of the molecule is Cc1ccc(CNC(=O)c2ccc3oc(=O)c(C=O)cc3c2O)cc1. The number of benzene rings is 2. The first-order valence-corrected chi connectivity index (χ1v) is 7.58. The van der Waals surface area contributed by atoms with E-state index < -0.39 is 11.5 Å². The summed E-state index contributed by atoms with van der Waals surface area (Å²) in [5.41, 5.74) is 1.16. The molecule has 0 aliphatic heterocycles. The number of carbonyl (C=O) groups excluding carboxylic acids is 2. The Hall–Kier alpha value is -3.41. The van der Waals surface area contributed by atoms with E-state index in [0.29, 0.717) is 12.8 Å². The van der Waals surface area contributed by atoms with Crippen molar-refractivity contribution < 1.29 is 19.1 Å². The Morgan fingerprint density at radius 3 is 2.60 bits per heavy atom. The van der Waals surface area contributed by atoms with Crippen LogP contribution in [0.25, 0.3) is 11.0 Å². The van der Waals surface area contributed by atoms with Crippen molar-refractivity contribution >= 4 is 23.2 Å². The van der Waals surface area contributed by atoms with E-state index in [0.717, 1.165) is 11.1 Å². The predicted molar refractivity (Wildman–Crippen MR) is 91.9 cm³/mol.